The van der Waals surface area contributed by atoms with Gasteiger partial charge in [-0.05, 0) is 52.4 Å². The molecule has 0 radical (unpaired) electrons. The molecule has 1 fully saturated rings. The summed E-state index contributed by atoms with van der Waals surface area (Å²) in [6.07, 6.45) is 2.23. The lowest BCUT2D eigenvalue weighted by Crippen LogP contribution is -2.25. The van der Waals surface area contributed by atoms with Gasteiger partial charge in [-0.15, -0.1) is 0 Å². The summed E-state index contributed by atoms with van der Waals surface area (Å²) in [6, 6.07) is 5.48. The predicted octanol–water partition coefficient (Wildman–Crippen LogP) is 3.90. The van der Waals surface area contributed by atoms with E-state index in [1.165, 1.54) is 17.6 Å². The van der Waals surface area contributed by atoms with Crippen molar-refractivity contribution >= 4 is 33.4 Å². The molecule has 1 aliphatic heterocycles. The Morgan fingerprint density at radius 2 is 2.07 bits per heavy atom. The van der Waals surface area contributed by atoms with Crippen LogP contribution in [-0.2, 0) is 0 Å². The molecule has 1 nitrogen and oxygen atoms in total. The van der Waals surface area contributed by atoms with Gasteiger partial charge in [0.05, 0.1) is 5.69 Å². The topological polar surface area (TPSA) is 12.0 Å². The summed E-state index contributed by atoms with van der Waals surface area (Å²) in [5.74, 6) is 2.16. The van der Waals surface area contributed by atoms with Gasteiger partial charge in [0.25, 0.3) is 0 Å². The quantitative estimate of drug-likeness (QED) is 0.886. The third kappa shape index (κ3) is 2.88. The predicted molar refractivity (Wildman–Crippen MR) is 68.1 cm³/mol. The lowest BCUT2D eigenvalue weighted by molar-refractivity contribution is 0.613. The fraction of sp³-hybridized carbons (Fsp3) is 0.455. The molecule has 1 heterocycles. The van der Waals surface area contributed by atoms with Gasteiger partial charge in [-0.1, -0.05) is 6.07 Å². The molecular formula is C11H13BrFNS. The third-order valence-corrected chi connectivity index (χ3v) is 4.24. The summed E-state index contributed by atoms with van der Waals surface area (Å²) in [7, 11) is 0. The molecule has 0 unspecified atom stereocenters. The van der Waals surface area contributed by atoms with Crippen LogP contribution in [0.1, 0.15) is 12.8 Å². The van der Waals surface area contributed by atoms with Gasteiger partial charge in [0.2, 0.25) is 0 Å². The van der Waals surface area contributed by atoms with Gasteiger partial charge < -0.3 is 5.32 Å². The molecule has 0 bridgehead atoms. The minimum absolute atomic E-state index is 0.178. The van der Waals surface area contributed by atoms with Gasteiger partial charge in [-0.2, -0.15) is 11.8 Å². The van der Waals surface area contributed by atoms with Gasteiger partial charge in [0.15, 0.2) is 0 Å². The third-order valence-electron chi connectivity index (χ3n) is 2.53. The van der Waals surface area contributed by atoms with Crippen molar-refractivity contribution in [1.82, 2.24) is 0 Å². The zero-order chi connectivity index (χ0) is 10.7. The number of anilines is 1. The second-order valence-electron chi connectivity index (χ2n) is 3.63. The average Bonchev–Trinajstić information content (AvgIpc) is 2.25. The highest BCUT2D eigenvalue weighted by atomic mass is 79.9. The summed E-state index contributed by atoms with van der Waals surface area (Å²) in [4.78, 5) is 0. The molecule has 0 spiro atoms. The van der Waals surface area contributed by atoms with Crippen molar-refractivity contribution in [2.45, 2.75) is 18.9 Å². The first-order chi connectivity index (χ1) is 7.27. The molecule has 4 heteroatoms. The minimum atomic E-state index is -0.178. The molecule has 0 amide bonds. The fourth-order valence-corrected chi connectivity index (χ4v) is 3.24. The van der Waals surface area contributed by atoms with Crippen molar-refractivity contribution in [2.75, 3.05) is 16.8 Å². The van der Waals surface area contributed by atoms with Crippen LogP contribution < -0.4 is 5.32 Å². The number of nitrogens with one attached hydrogen (secondary N) is 1. The Balaban J connectivity index is 2.09. The van der Waals surface area contributed by atoms with E-state index in [0.29, 0.717) is 11.7 Å². The van der Waals surface area contributed by atoms with Crippen LogP contribution in [0.3, 0.4) is 0 Å². The Hall–Kier alpha value is -0.220. The maximum Gasteiger partial charge on any atom is 0.147 e. The Morgan fingerprint density at radius 1 is 1.33 bits per heavy atom. The zero-order valence-corrected chi connectivity index (χ0v) is 10.7. The van der Waals surface area contributed by atoms with E-state index in [2.05, 4.69) is 21.2 Å². The van der Waals surface area contributed by atoms with Gasteiger partial charge in [-0.3, -0.25) is 0 Å². The second-order valence-corrected chi connectivity index (χ2v) is 5.71. The number of halogens is 2. The monoisotopic (exact) mass is 289 g/mol. The van der Waals surface area contributed by atoms with E-state index < -0.39 is 0 Å². The summed E-state index contributed by atoms with van der Waals surface area (Å²) in [5.41, 5.74) is 0.606. The van der Waals surface area contributed by atoms with Gasteiger partial charge >= 0.3 is 0 Å². The van der Waals surface area contributed by atoms with E-state index in [1.54, 1.807) is 6.07 Å². The lowest BCUT2D eigenvalue weighted by Gasteiger charge is -2.24. The SMILES string of the molecule is Fc1cccc(Br)c1NC1CCSCC1. The molecule has 1 aromatic carbocycles. The fourth-order valence-electron chi connectivity index (χ4n) is 1.68. The van der Waals surface area contributed by atoms with Crippen molar-refractivity contribution in [3.8, 4) is 0 Å². The van der Waals surface area contributed by atoms with E-state index in [-0.39, 0.29) is 5.82 Å². The number of thioether (sulfide) groups is 1. The van der Waals surface area contributed by atoms with Crippen molar-refractivity contribution in [3.63, 3.8) is 0 Å². The number of benzene rings is 1. The van der Waals surface area contributed by atoms with Gasteiger partial charge in [-0.25, -0.2) is 4.39 Å². The molecule has 1 saturated heterocycles. The maximum atomic E-state index is 13.5. The Morgan fingerprint density at radius 3 is 2.73 bits per heavy atom. The molecule has 82 valence electrons. The van der Waals surface area contributed by atoms with Crippen molar-refractivity contribution in [2.24, 2.45) is 0 Å². The Bertz CT molecular complexity index is 319. The molecular weight excluding hydrogens is 277 g/mol. The van der Waals surface area contributed by atoms with Crippen molar-refractivity contribution in [3.05, 3.63) is 28.5 Å². The summed E-state index contributed by atoms with van der Waals surface area (Å²) in [5, 5.41) is 3.28. The molecule has 0 atom stereocenters. The van der Waals surface area contributed by atoms with E-state index in [4.69, 9.17) is 0 Å². The van der Waals surface area contributed by atoms with Crippen LogP contribution in [0, 0.1) is 5.82 Å². The molecule has 1 N–H and O–H groups in total. The lowest BCUT2D eigenvalue weighted by atomic mass is 10.1. The van der Waals surface area contributed by atoms with Gasteiger partial charge in [0, 0.05) is 10.5 Å². The summed E-state index contributed by atoms with van der Waals surface area (Å²) >= 11 is 5.34. The number of para-hydroxylation sites is 1. The zero-order valence-electron chi connectivity index (χ0n) is 8.30. The van der Waals surface area contributed by atoms with E-state index in [1.807, 2.05) is 17.8 Å². The number of hydrogen-bond donors (Lipinski definition) is 1. The van der Waals surface area contributed by atoms with Crippen LogP contribution in [0.2, 0.25) is 0 Å². The highest BCUT2D eigenvalue weighted by Gasteiger charge is 2.16. The minimum Gasteiger partial charge on any atom is -0.379 e. The van der Waals surface area contributed by atoms with Crippen LogP contribution >= 0.6 is 27.7 Å². The van der Waals surface area contributed by atoms with Crippen LogP contribution in [0.4, 0.5) is 10.1 Å². The first kappa shape index (κ1) is 11.3. The molecule has 0 aromatic heterocycles. The molecule has 15 heavy (non-hydrogen) atoms. The summed E-state index contributed by atoms with van der Waals surface area (Å²) in [6.45, 7) is 0. The van der Waals surface area contributed by atoms with Crippen LogP contribution in [0.5, 0.6) is 0 Å². The van der Waals surface area contributed by atoms with Crippen molar-refractivity contribution in [1.29, 1.82) is 0 Å². The second kappa shape index (κ2) is 5.21. The molecule has 1 aliphatic rings. The van der Waals surface area contributed by atoms with E-state index >= 15 is 0 Å². The van der Waals surface area contributed by atoms with Gasteiger partial charge in [0.1, 0.15) is 5.82 Å². The smallest absolute Gasteiger partial charge is 0.147 e. The van der Waals surface area contributed by atoms with E-state index in [9.17, 15) is 4.39 Å². The standard InChI is InChI=1S/C11H13BrFNS/c12-9-2-1-3-10(13)11(9)14-8-4-6-15-7-5-8/h1-3,8,14H,4-7H2. The number of rotatable bonds is 2. The molecule has 0 saturated carbocycles. The first-order valence-corrected chi connectivity index (χ1v) is 7.00. The van der Waals surface area contributed by atoms with Crippen molar-refractivity contribution < 1.29 is 4.39 Å². The first-order valence-electron chi connectivity index (χ1n) is 5.05. The average molecular weight is 290 g/mol. The Kier molecular flexibility index (Phi) is 3.92. The highest BCUT2D eigenvalue weighted by molar-refractivity contribution is 9.10. The molecule has 2 rings (SSSR count). The molecule has 0 aliphatic carbocycles. The Labute approximate surface area is 102 Å². The van der Waals surface area contributed by atoms with E-state index in [0.717, 1.165) is 17.3 Å². The highest BCUT2D eigenvalue weighted by Crippen LogP contribution is 2.28. The van der Waals surface area contributed by atoms with Crippen LogP contribution in [0.25, 0.3) is 0 Å². The summed E-state index contributed by atoms with van der Waals surface area (Å²) < 4.78 is 14.3. The van der Waals surface area contributed by atoms with Crippen LogP contribution in [0.15, 0.2) is 22.7 Å². The maximum absolute atomic E-state index is 13.5. The molecule has 1 aromatic rings. The normalized spacial score (nSPS) is 17.7. The number of hydrogen-bond acceptors (Lipinski definition) is 2. The van der Waals surface area contributed by atoms with Crippen LogP contribution in [-0.4, -0.2) is 17.5 Å². The largest absolute Gasteiger partial charge is 0.379 e.